The summed E-state index contributed by atoms with van der Waals surface area (Å²) in [6.07, 6.45) is 2.04. The van der Waals surface area contributed by atoms with E-state index < -0.39 is 15.6 Å². The van der Waals surface area contributed by atoms with E-state index in [-0.39, 0.29) is 17.2 Å². The van der Waals surface area contributed by atoms with Crippen LogP contribution < -0.4 is 9.46 Å². The highest BCUT2D eigenvalue weighted by atomic mass is 32.2. The molecule has 3 rings (SSSR count). The Hall–Kier alpha value is -2.22. The van der Waals surface area contributed by atoms with Crippen LogP contribution in [0.4, 0.5) is 0 Å². The Kier molecular flexibility index (Phi) is 5.37. The lowest BCUT2D eigenvalue weighted by molar-refractivity contribution is 0.0242. The van der Waals surface area contributed by atoms with Gasteiger partial charge in [-0.15, -0.1) is 0 Å². The number of aliphatic hydroxyl groups is 1. The zero-order chi connectivity index (χ0) is 19.7. The molecule has 0 heterocycles. The number of carbonyl (C=O) groups is 1. The first kappa shape index (κ1) is 19.5. The highest BCUT2D eigenvalue weighted by Gasteiger charge is 2.35. The van der Waals surface area contributed by atoms with Gasteiger partial charge in [0.25, 0.3) is 0 Å². The van der Waals surface area contributed by atoms with Crippen LogP contribution in [0, 0.1) is 0 Å². The molecule has 0 bridgehead atoms. The molecule has 2 N–H and O–H groups in total. The third-order valence-electron chi connectivity index (χ3n) is 4.98. The van der Waals surface area contributed by atoms with Gasteiger partial charge in [0.15, 0.2) is 5.78 Å². The van der Waals surface area contributed by atoms with Crippen LogP contribution in [0.5, 0.6) is 5.75 Å². The van der Waals surface area contributed by atoms with Crippen LogP contribution in [0.15, 0.2) is 47.4 Å². The van der Waals surface area contributed by atoms with Gasteiger partial charge in [-0.25, -0.2) is 13.1 Å². The lowest BCUT2D eigenvalue weighted by Crippen LogP contribution is -2.42. The van der Waals surface area contributed by atoms with Crippen molar-refractivity contribution in [2.75, 3.05) is 13.7 Å². The molecule has 0 spiro atoms. The number of ketones is 1. The first-order valence-corrected chi connectivity index (χ1v) is 10.2. The van der Waals surface area contributed by atoms with E-state index in [0.29, 0.717) is 17.7 Å². The summed E-state index contributed by atoms with van der Waals surface area (Å²) in [6, 6.07) is 11.2. The number of rotatable bonds is 6. The van der Waals surface area contributed by atoms with E-state index in [2.05, 4.69) is 4.72 Å². The molecule has 0 aliphatic heterocycles. The number of sulfonamides is 1. The van der Waals surface area contributed by atoms with Gasteiger partial charge in [-0.05, 0) is 61.6 Å². The Morgan fingerprint density at radius 3 is 2.56 bits per heavy atom. The van der Waals surface area contributed by atoms with Crippen LogP contribution in [0.2, 0.25) is 0 Å². The number of hydrogen-bond donors (Lipinski definition) is 2. The van der Waals surface area contributed by atoms with Crippen LogP contribution in [-0.2, 0) is 22.0 Å². The number of hydrogen-bond acceptors (Lipinski definition) is 5. The van der Waals surface area contributed by atoms with E-state index in [1.165, 1.54) is 31.2 Å². The lowest BCUT2D eigenvalue weighted by Gasteiger charge is -2.34. The van der Waals surface area contributed by atoms with Crippen molar-refractivity contribution in [2.24, 2.45) is 0 Å². The predicted molar refractivity (Wildman–Crippen MR) is 101 cm³/mol. The summed E-state index contributed by atoms with van der Waals surface area (Å²) in [5.41, 5.74) is 0.867. The predicted octanol–water partition coefficient (Wildman–Crippen LogP) is 2.40. The smallest absolute Gasteiger partial charge is 0.240 e. The maximum atomic E-state index is 12.6. The van der Waals surface area contributed by atoms with Crippen LogP contribution in [-0.4, -0.2) is 33.0 Å². The number of benzene rings is 2. The number of carbonyl (C=O) groups excluding carboxylic acids is 1. The average Bonchev–Trinajstić information content (AvgIpc) is 2.66. The minimum absolute atomic E-state index is 0.0573. The van der Waals surface area contributed by atoms with Gasteiger partial charge in [-0.2, -0.15) is 0 Å². The van der Waals surface area contributed by atoms with Crippen molar-refractivity contribution in [3.8, 4) is 5.75 Å². The van der Waals surface area contributed by atoms with E-state index in [4.69, 9.17) is 4.74 Å². The van der Waals surface area contributed by atoms with Crippen LogP contribution in [0.3, 0.4) is 0 Å². The van der Waals surface area contributed by atoms with E-state index in [1.807, 2.05) is 6.07 Å². The monoisotopic (exact) mass is 389 g/mol. The zero-order valence-corrected chi connectivity index (χ0v) is 16.2. The van der Waals surface area contributed by atoms with E-state index in [9.17, 15) is 18.3 Å². The Bertz CT molecular complexity index is 953. The first-order valence-electron chi connectivity index (χ1n) is 8.76. The van der Waals surface area contributed by atoms with Crippen LogP contribution in [0.1, 0.15) is 41.3 Å². The summed E-state index contributed by atoms with van der Waals surface area (Å²) >= 11 is 0. The van der Waals surface area contributed by atoms with Crippen LogP contribution in [0.25, 0.3) is 0 Å². The number of Topliss-reactive ketones (excluding diaryl/α,β-unsaturated/α-hetero) is 1. The Morgan fingerprint density at radius 2 is 1.93 bits per heavy atom. The fraction of sp³-hybridized carbons (Fsp3) is 0.350. The van der Waals surface area contributed by atoms with Gasteiger partial charge in [0.2, 0.25) is 10.0 Å². The molecule has 2 aromatic rings. The second-order valence-electron chi connectivity index (χ2n) is 6.81. The zero-order valence-electron chi connectivity index (χ0n) is 15.4. The van der Waals surface area contributed by atoms with Gasteiger partial charge in [-0.1, -0.05) is 18.2 Å². The quantitative estimate of drug-likeness (QED) is 0.740. The lowest BCUT2D eigenvalue weighted by atomic mass is 9.79. The maximum Gasteiger partial charge on any atom is 0.240 e. The summed E-state index contributed by atoms with van der Waals surface area (Å²) in [7, 11) is -2.22. The molecule has 6 nitrogen and oxygen atoms in total. The molecule has 0 radical (unpaired) electrons. The molecule has 0 amide bonds. The fourth-order valence-corrected chi connectivity index (χ4v) is 4.50. The SMILES string of the molecule is COc1ccc2c(c1)CCC[C@@]2(O)CNS(=O)(=O)c1ccc(C(C)=O)cc1. The Morgan fingerprint density at radius 1 is 1.22 bits per heavy atom. The number of methoxy groups -OCH3 is 1. The van der Waals surface area contributed by atoms with Gasteiger partial charge < -0.3 is 9.84 Å². The van der Waals surface area contributed by atoms with Crippen molar-refractivity contribution in [2.45, 2.75) is 36.7 Å². The first-order chi connectivity index (χ1) is 12.7. The number of aryl methyl sites for hydroxylation is 1. The molecule has 144 valence electrons. The molecule has 1 atom stereocenters. The van der Waals surface area contributed by atoms with Gasteiger partial charge >= 0.3 is 0 Å². The molecule has 2 aromatic carbocycles. The molecule has 0 fully saturated rings. The van der Waals surface area contributed by atoms with Gasteiger partial charge in [0.1, 0.15) is 11.4 Å². The fourth-order valence-electron chi connectivity index (χ4n) is 3.41. The van der Waals surface area contributed by atoms with E-state index in [1.54, 1.807) is 19.2 Å². The topological polar surface area (TPSA) is 92.7 Å². The molecule has 1 aliphatic carbocycles. The van der Waals surface area contributed by atoms with Crippen molar-refractivity contribution in [1.82, 2.24) is 4.72 Å². The molecule has 1 aliphatic rings. The normalized spacial score (nSPS) is 19.4. The van der Waals surface area contributed by atoms with Crippen molar-refractivity contribution >= 4 is 15.8 Å². The van der Waals surface area contributed by atoms with Crippen LogP contribution >= 0.6 is 0 Å². The van der Waals surface area contributed by atoms with Gasteiger partial charge in [0, 0.05) is 12.1 Å². The van der Waals surface area contributed by atoms with E-state index in [0.717, 1.165) is 24.0 Å². The molecule has 0 saturated carbocycles. The third-order valence-corrected chi connectivity index (χ3v) is 6.39. The second-order valence-corrected chi connectivity index (χ2v) is 8.58. The molecule has 0 aromatic heterocycles. The molecule has 7 heteroatoms. The molecular weight excluding hydrogens is 366 g/mol. The van der Waals surface area contributed by atoms with Gasteiger partial charge in [0.05, 0.1) is 12.0 Å². The number of ether oxygens (including phenoxy) is 1. The number of fused-ring (bicyclic) bond motifs is 1. The second kappa shape index (κ2) is 7.42. The highest BCUT2D eigenvalue weighted by Crippen LogP contribution is 2.36. The van der Waals surface area contributed by atoms with Gasteiger partial charge in [-0.3, -0.25) is 4.79 Å². The molecule has 0 saturated heterocycles. The van der Waals surface area contributed by atoms with Crippen molar-refractivity contribution in [3.05, 3.63) is 59.2 Å². The largest absolute Gasteiger partial charge is 0.497 e. The summed E-state index contributed by atoms with van der Waals surface area (Å²) < 4.78 is 32.9. The Balaban J connectivity index is 1.80. The number of nitrogens with one attached hydrogen (secondary N) is 1. The molecule has 27 heavy (non-hydrogen) atoms. The minimum atomic E-state index is -3.80. The summed E-state index contributed by atoms with van der Waals surface area (Å²) in [6.45, 7) is 1.30. The highest BCUT2D eigenvalue weighted by molar-refractivity contribution is 7.89. The summed E-state index contributed by atoms with van der Waals surface area (Å²) in [5, 5.41) is 11.1. The van der Waals surface area contributed by atoms with Crippen molar-refractivity contribution in [3.63, 3.8) is 0 Å². The summed E-state index contributed by atoms with van der Waals surface area (Å²) in [4.78, 5) is 11.4. The minimum Gasteiger partial charge on any atom is -0.497 e. The van der Waals surface area contributed by atoms with E-state index >= 15 is 0 Å². The Labute approximate surface area is 159 Å². The van der Waals surface area contributed by atoms with Crippen molar-refractivity contribution < 1.29 is 23.1 Å². The summed E-state index contributed by atoms with van der Waals surface area (Å²) in [5.74, 6) is 0.583. The maximum absolute atomic E-state index is 12.6. The standard InChI is InChI=1S/C20H23NO5S/c1-14(22)15-5-8-18(9-6-15)27(24,25)21-13-20(23)11-3-4-16-12-17(26-2)7-10-19(16)20/h5-10,12,21,23H,3-4,11,13H2,1-2H3/t20-/m1/s1. The average molecular weight is 389 g/mol. The molecule has 0 unspecified atom stereocenters. The van der Waals surface area contributed by atoms with Crippen molar-refractivity contribution in [1.29, 1.82) is 0 Å². The molecular formula is C20H23NO5S. The third kappa shape index (κ3) is 4.05.